The maximum atomic E-state index is 5.68. The molecule has 1 aromatic rings. The summed E-state index contributed by atoms with van der Waals surface area (Å²) in [4.78, 5) is 8.92. The quantitative estimate of drug-likeness (QED) is 0.568. The summed E-state index contributed by atoms with van der Waals surface area (Å²) in [6, 6.07) is 0. The van der Waals surface area contributed by atoms with Gasteiger partial charge in [-0.2, -0.15) is 4.98 Å². The molecule has 18 heavy (non-hydrogen) atoms. The molecule has 0 aliphatic heterocycles. The van der Waals surface area contributed by atoms with Gasteiger partial charge in [-0.05, 0) is 19.8 Å². The molecule has 0 amide bonds. The molecule has 0 aromatic carbocycles. The highest BCUT2D eigenvalue weighted by atomic mass is 16.5. The first kappa shape index (κ1) is 14.5. The Labute approximate surface area is 109 Å². The molecule has 100 valence electrons. The zero-order valence-corrected chi connectivity index (χ0v) is 11.6. The second-order valence-corrected chi connectivity index (χ2v) is 4.12. The fourth-order valence-corrected chi connectivity index (χ4v) is 1.49. The average molecular weight is 249 g/mol. The molecule has 4 nitrogen and oxygen atoms in total. The first-order valence-electron chi connectivity index (χ1n) is 6.58. The number of hydrogen-bond donors (Lipinski definition) is 1. The van der Waals surface area contributed by atoms with Gasteiger partial charge in [-0.1, -0.05) is 19.9 Å². The van der Waals surface area contributed by atoms with Crippen LogP contribution in [0.2, 0.25) is 0 Å². The molecule has 0 aliphatic carbocycles. The summed E-state index contributed by atoms with van der Waals surface area (Å²) in [5, 5.41) is 3.32. The van der Waals surface area contributed by atoms with Crippen LogP contribution >= 0.6 is 0 Å². The van der Waals surface area contributed by atoms with Crippen LogP contribution in [0.3, 0.4) is 0 Å². The third-order valence-electron chi connectivity index (χ3n) is 2.57. The second-order valence-electron chi connectivity index (χ2n) is 4.12. The summed E-state index contributed by atoms with van der Waals surface area (Å²) < 4.78 is 5.68. The normalized spacial score (nSPS) is 10.2. The van der Waals surface area contributed by atoms with Crippen molar-refractivity contribution < 1.29 is 4.74 Å². The molecule has 0 spiro atoms. The molecule has 1 aromatic heterocycles. The SMILES string of the molecule is C=CCCOc1nc(CC)nc(NCCC)c1C. The van der Waals surface area contributed by atoms with E-state index in [9.17, 15) is 0 Å². The maximum absolute atomic E-state index is 5.68. The van der Waals surface area contributed by atoms with E-state index in [0.717, 1.165) is 43.0 Å². The molecule has 0 atom stereocenters. The molecule has 4 heteroatoms. The van der Waals surface area contributed by atoms with Crippen molar-refractivity contribution in [1.29, 1.82) is 0 Å². The lowest BCUT2D eigenvalue weighted by Gasteiger charge is -2.13. The van der Waals surface area contributed by atoms with Gasteiger partial charge in [-0.3, -0.25) is 0 Å². The highest BCUT2D eigenvalue weighted by Crippen LogP contribution is 2.22. The van der Waals surface area contributed by atoms with Crippen LogP contribution in [-0.2, 0) is 6.42 Å². The van der Waals surface area contributed by atoms with E-state index in [1.807, 2.05) is 19.9 Å². The maximum Gasteiger partial charge on any atom is 0.221 e. The lowest BCUT2D eigenvalue weighted by Crippen LogP contribution is -2.10. The first-order valence-corrected chi connectivity index (χ1v) is 6.58. The summed E-state index contributed by atoms with van der Waals surface area (Å²) in [5.74, 6) is 2.38. The van der Waals surface area contributed by atoms with E-state index < -0.39 is 0 Å². The molecule has 1 heterocycles. The number of aromatic nitrogens is 2. The third-order valence-corrected chi connectivity index (χ3v) is 2.57. The minimum Gasteiger partial charge on any atom is -0.477 e. The van der Waals surface area contributed by atoms with Crippen LogP contribution < -0.4 is 10.1 Å². The Morgan fingerprint density at radius 2 is 2.11 bits per heavy atom. The monoisotopic (exact) mass is 249 g/mol. The summed E-state index contributed by atoms with van der Waals surface area (Å²) in [7, 11) is 0. The first-order chi connectivity index (χ1) is 8.72. The topological polar surface area (TPSA) is 47.0 Å². The molecule has 1 rings (SSSR count). The fourth-order valence-electron chi connectivity index (χ4n) is 1.49. The Morgan fingerprint density at radius 3 is 2.72 bits per heavy atom. The lowest BCUT2D eigenvalue weighted by atomic mass is 10.3. The van der Waals surface area contributed by atoms with Crippen LogP contribution in [0.1, 0.15) is 38.1 Å². The minimum atomic E-state index is 0.609. The van der Waals surface area contributed by atoms with Gasteiger partial charge in [0.1, 0.15) is 11.6 Å². The molecule has 0 radical (unpaired) electrons. The number of ether oxygens (including phenoxy) is 1. The standard InChI is InChI=1S/C14H23N3O/c1-5-8-10-18-14-11(4)13(15-9-6-2)16-12(7-3)17-14/h5H,1,6-10H2,2-4H3,(H,15,16,17). The minimum absolute atomic E-state index is 0.609. The molecule has 1 N–H and O–H groups in total. The van der Waals surface area contributed by atoms with Gasteiger partial charge in [0.25, 0.3) is 0 Å². The lowest BCUT2D eigenvalue weighted by molar-refractivity contribution is 0.308. The van der Waals surface area contributed by atoms with Crippen LogP contribution in [0.4, 0.5) is 5.82 Å². The Morgan fingerprint density at radius 1 is 1.33 bits per heavy atom. The predicted octanol–water partition coefficient (Wildman–Crippen LogP) is 3.12. The summed E-state index contributed by atoms with van der Waals surface area (Å²) in [6.07, 6.45) is 4.53. The summed E-state index contributed by atoms with van der Waals surface area (Å²) in [5.41, 5.74) is 0.977. The van der Waals surface area contributed by atoms with Gasteiger partial charge in [0.05, 0.1) is 12.2 Å². The van der Waals surface area contributed by atoms with Gasteiger partial charge in [0.2, 0.25) is 5.88 Å². The van der Waals surface area contributed by atoms with Crippen LogP contribution in [0.25, 0.3) is 0 Å². The van der Waals surface area contributed by atoms with Crippen LogP contribution in [-0.4, -0.2) is 23.1 Å². The van der Waals surface area contributed by atoms with E-state index in [4.69, 9.17) is 4.74 Å². The van der Waals surface area contributed by atoms with E-state index in [2.05, 4.69) is 28.8 Å². The van der Waals surface area contributed by atoms with E-state index in [1.165, 1.54) is 0 Å². The summed E-state index contributed by atoms with van der Waals surface area (Å²) >= 11 is 0. The largest absolute Gasteiger partial charge is 0.477 e. The molecule has 0 fully saturated rings. The average Bonchev–Trinajstić information content (AvgIpc) is 2.39. The van der Waals surface area contributed by atoms with Crippen LogP contribution in [0.5, 0.6) is 5.88 Å². The van der Waals surface area contributed by atoms with E-state index in [0.29, 0.717) is 12.5 Å². The fraction of sp³-hybridized carbons (Fsp3) is 0.571. The molecule has 0 aliphatic rings. The van der Waals surface area contributed by atoms with Crippen molar-refractivity contribution in [3.63, 3.8) is 0 Å². The number of rotatable bonds is 8. The Bertz CT molecular complexity index is 391. The predicted molar refractivity (Wildman–Crippen MR) is 75.2 cm³/mol. The van der Waals surface area contributed by atoms with Crippen molar-refractivity contribution in [3.05, 3.63) is 24.0 Å². The van der Waals surface area contributed by atoms with E-state index in [-0.39, 0.29) is 0 Å². The number of nitrogens with one attached hydrogen (secondary N) is 1. The second kappa shape index (κ2) is 7.69. The van der Waals surface area contributed by atoms with Gasteiger partial charge in [0.15, 0.2) is 0 Å². The number of hydrogen-bond acceptors (Lipinski definition) is 4. The number of aryl methyl sites for hydroxylation is 1. The van der Waals surface area contributed by atoms with Crippen molar-refractivity contribution in [3.8, 4) is 5.88 Å². The van der Waals surface area contributed by atoms with Gasteiger partial charge in [-0.15, -0.1) is 6.58 Å². The van der Waals surface area contributed by atoms with Crippen molar-refractivity contribution >= 4 is 5.82 Å². The van der Waals surface area contributed by atoms with Crippen LogP contribution in [0.15, 0.2) is 12.7 Å². The van der Waals surface area contributed by atoms with Crippen molar-refractivity contribution in [2.45, 2.75) is 40.0 Å². The number of anilines is 1. The van der Waals surface area contributed by atoms with Gasteiger partial charge >= 0.3 is 0 Å². The van der Waals surface area contributed by atoms with E-state index >= 15 is 0 Å². The Hall–Kier alpha value is -1.58. The Kier molecular flexibility index (Phi) is 6.19. The smallest absolute Gasteiger partial charge is 0.221 e. The van der Waals surface area contributed by atoms with Gasteiger partial charge in [0, 0.05) is 13.0 Å². The van der Waals surface area contributed by atoms with Crippen molar-refractivity contribution in [1.82, 2.24) is 9.97 Å². The molecule has 0 saturated carbocycles. The highest BCUT2D eigenvalue weighted by Gasteiger charge is 2.10. The highest BCUT2D eigenvalue weighted by molar-refractivity contribution is 5.48. The van der Waals surface area contributed by atoms with Gasteiger partial charge in [-0.25, -0.2) is 4.98 Å². The molecule has 0 bridgehead atoms. The van der Waals surface area contributed by atoms with Crippen molar-refractivity contribution in [2.75, 3.05) is 18.5 Å². The zero-order chi connectivity index (χ0) is 13.4. The van der Waals surface area contributed by atoms with E-state index in [1.54, 1.807) is 0 Å². The molecular formula is C14H23N3O. The van der Waals surface area contributed by atoms with Gasteiger partial charge < -0.3 is 10.1 Å². The van der Waals surface area contributed by atoms with Crippen LogP contribution in [0, 0.1) is 6.92 Å². The van der Waals surface area contributed by atoms with Crippen molar-refractivity contribution in [2.24, 2.45) is 0 Å². The molecule has 0 saturated heterocycles. The zero-order valence-electron chi connectivity index (χ0n) is 11.6. The summed E-state index contributed by atoms with van der Waals surface area (Å²) in [6.45, 7) is 11.4. The molecular weight excluding hydrogens is 226 g/mol. The third kappa shape index (κ3) is 4.02. The molecule has 0 unspecified atom stereocenters. The Balaban J connectivity index is 2.89. The number of nitrogens with zero attached hydrogens (tertiary/aromatic N) is 2.